The molecule has 0 atom stereocenters. The summed E-state index contributed by atoms with van der Waals surface area (Å²) in [7, 11) is 3.98. The number of anilines is 1. The molecule has 0 fully saturated rings. The Bertz CT molecular complexity index is 967. The van der Waals surface area contributed by atoms with E-state index in [1.807, 2.05) is 59.1 Å². The second-order valence-electron chi connectivity index (χ2n) is 7.08. The summed E-state index contributed by atoms with van der Waals surface area (Å²) in [6, 6.07) is 7.53. The fraction of sp³-hybridized carbons (Fsp3) is 0.421. The van der Waals surface area contributed by atoms with E-state index in [4.69, 9.17) is 11.6 Å². The highest BCUT2D eigenvalue weighted by atomic mass is 35.5. The van der Waals surface area contributed by atoms with E-state index >= 15 is 0 Å². The minimum Gasteiger partial charge on any atom is -0.308 e. The number of carbonyl (C=O) groups is 1. The van der Waals surface area contributed by atoms with Gasteiger partial charge in [-0.1, -0.05) is 22.9 Å². The maximum Gasteiger partial charge on any atom is 0.278 e. The van der Waals surface area contributed by atoms with E-state index in [-0.39, 0.29) is 24.4 Å². The molecule has 0 saturated heterocycles. The van der Waals surface area contributed by atoms with Crippen LogP contribution in [0.3, 0.4) is 0 Å². The van der Waals surface area contributed by atoms with Crippen LogP contribution in [0.4, 0.5) is 5.13 Å². The lowest BCUT2D eigenvalue weighted by Gasteiger charge is -2.22. The summed E-state index contributed by atoms with van der Waals surface area (Å²) < 4.78 is 2.75. The third-order valence-corrected chi connectivity index (χ3v) is 5.43. The van der Waals surface area contributed by atoms with Crippen molar-refractivity contribution in [2.75, 3.05) is 32.1 Å². The predicted molar refractivity (Wildman–Crippen MR) is 119 cm³/mol. The third kappa shape index (κ3) is 4.84. The molecule has 0 aliphatic rings. The van der Waals surface area contributed by atoms with Gasteiger partial charge in [-0.25, -0.2) is 4.98 Å². The SMILES string of the molecule is Cc1cc(C(=O)N(CCN(C)C)c2nc3ccc(Cl)cc3s2)n(C(C)C)n1.Cl. The summed E-state index contributed by atoms with van der Waals surface area (Å²) in [5.41, 5.74) is 2.25. The van der Waals surface area contributed by atoms with Crippen molar-refractivity contribution in [1.82, 2.24) is 19.7 Å². The summed E-state index contributed by atoms with van der Waals surface area (Å²) in [4.78, 5) is 21.9. The molecule has 1 aromatic carbocycles. The van der Waals surface area contributed by atoms with Gasteiger partial charge in [-0.15, -0.1) is 12.4 Å². The van der Waals surface area contributed by atoms with E-state index in [0.717, 1.165) is 22.5 Å². The molecule has 28 heavy (non-hydrogen) atoms. The first-order valence-corrected chi connectivity index (χ1v) is 10.0. The fourth-order valence-electron chi connectivity index (χ4n) is 2.79. The number of hydrogen-bond donors (Lipinski definition) is 0. The minimum absolute atomic E-state index is 0. The third-order valence-electron chi connectivity index (χ3n) is 4.15. The molecular formula is C19H25Cl2N5OS. The Labute approximate surface area is 180 Å². The predicted octanol–water partition coefficient (Wildman–Crippen LogP) is 4.67. The molecule has 0 spiro atoms. The van der Waals surface area contributed by atoms with E-state index in [2.05, 4.69) is 15.0 Å². The van der Waals surface area contributed by atoms with Gasteiger partial charge in [0.15, 0.2) is 5.13 Å². The van der Waals surface area contributed by atoms with Crippen molar-refractivity contribution in [2.45, 2.75) is 26.8 Å². The number of nitrogens with zero attached hydrogens (tertiary/aromatic N) is 5. The number of aryl methyl sites for hydroxylation is 1. The van der Waals surface area contributed by atoms with Gasteiger partial charge in [-0.3, -0.25) is 14.4 Å². The molecule has 0 radical (unpaired) electrons. The van der Waals surface area contributed by atoms with Crippen molar-refractivity contribution in [2.24, 2.45) is 0 Å². The van der Waals surface area contributed by atoms with Crippen LogP contribution in [0.15, 0.2) is 24.3 Å². The lowest BCUT2D eigenvalue weighted by Crippen LogP contribution is -2.38. The first-order chi connectivity index (χ1) is 12.8. The van der Waals surface area contributed by atoms with E-state index < -0.39 is 0 Å². The number of likely N-dealkylation sites (N-methyl/N-ethyl adjacent to an activating group) is 1. The molecule has 3 rings (SSSR count). The zero-order valence-electron chi connectivity index (χ0n) is 16.6. The van der Waals surface area contributed by atoms with Gasteiger partial charge in [0.1, 0.15) is 5.69 Å². The number of hydrogen-bond acceptors (Lipinski definition) is 5. The Morgan fingerprint density at radius 1 is 1.25 bits per heavy atom. The van der Waals surface area contributed by atoms with Gasteiger partial charge < -0.3 is 4.90 Å². The van der Waals surface area contributed by atoms with Crippen molar-refractivity contribution in [1.29, 1.82) is 0 Å². The highest BCUT2D eigenvalue weighted by Gasteiger charge is 2.25. The van der Waals surface area contributed by atoms with Crippen LogP contribution in [0.5, 0.6) is 0 Å². The Kier molecular flexibility index (Phi) is 7.45. The molecular weight excluding hydrogens is 417 g/mol. The van der Waals surface area contributed by atoms with E-state index in [0.29, 0.717) is 22.4 Å². The molecule has 9 heteroatoms. The first-order valence-electron chi connectivity index (χ1n) is 8.85. The average molecular weight is 442 g/mol. The van der Waals surface area contributed by atoms with Crippen LogP contribution in [-0.4, -0.2) is 52.8 Å². The molecule has 0 aliphatic carbocycles. The largest absolute Gasteiger partial charge is 0.308 e. The number of fused-ring (bicyclic) bond motifs is 1. The molecule has 0 saturated carbocycles. The summed E-state index contributed by atoms with van der Waals surface area (Å²) in [5.74, 6) is -0.0868. The highest BCUT2D eigenvalue weighted by Crippen LogP contribution is 2.31. The minimum atomic E-state index is -0.0868. The van der Waals surface area contributed by atoms with Crippen LogP contribution in [0.2, 0.25) is 5.02 Å². The van der Waals surface area contributed by atoms with Gasteiger partial charge in [-0.05, 0) is 59.1 Å². The number of aromatic nitrogens is 3. The fourth-order valence-corrected chi connectivity index (χ4v) is 4.06. The van der Waals surface area contributed by atoms with Crippen LogP contribution >= 0.6 is 35.3 Å². The average Bonchev–Trinajstić information content (AvgIpc) is 3.17. The number of rotatable bonds is 6. The molecule has 152 valence electrons. The zero-order chi connectivity index (χ0) is 19.7. The Hall–Kier alpha value is -1.67. The molecule has 0 N–H and O–H groups in total. The van der Waals surface area contributed by atoms with E-state index in [1.165, 1.54) is 11.3 Å². The number of thiazole rings is 1. The van der Waals surface area contributed by atoms with Gasteiger partial charge in [0.05, 0.1) is 15.9 Å². The van der Waals surface area contributed by atoms with Crippen molar-refractivity contribution in [3.05, 3.63) is 40.7 Å². The lowest BCUT2D eigenvalue weighted by molar-refractivity contribution is 0.0973. The van der Waals surface area contributed by atoms with Crippen LogP contribution in [0, 0.1) is 6.92 Å². The first kappa shape index (κ1) is 22.6. The monoisotopic (exact) mass is 441 g/mol. The molecule has 1 amide bonds. The number of carbonyl (C=O) groups excluding carboxylic acids is 1. The summed E-state index contributed by atoms with van der Waals surface area (Å²) in [6.45, 7) is 7.22. The Morgan fingerprint density at radius 3 is 2.61 bits per heavy atom. The zero-order valence-corrected chi connectivity index (χ0v) is 19.0. The van der Waals surface area contributed by atoms with Crippen molar-refractivity contribution < 1.29 is 4.79 Å². The second-order valence-corrected chi connectivity index (χ2v) is 8.52. The maximum absolute atomic E-state index is 13.4. The number of amides is 1. The summed E-state index contributed by atoms with van der Waals surface area (Å²) >= 11 is 7.58. The molecule has 0 bridgehead atoms. The summed E-state index contributed by atoms with van der Waals surface area (Å²) in [5, 5.41) is 5.82. The Morgan fingerprint density at radius 2 is 1.96 bits per heavy atom. The van der Waals surface area contributed by atoms with Gasteiger partial charge in [0.25, 0.3) is 5.91 Å². The quantitative estimate of drug-likeness (QED) is 0.557. The van der Waals surface area contributed by atoms with Gasteiger partial charge in [0.2, 0.25) is 0 Å². The van der Waals surface area contributed by atoms with Crippen molar-refractivity contribution >= 4 is 56.6 Å². The normalized spacial score (nSPS) is 11.3. The van der Waals surface area contributed by atoms with Crippen LogP contribution < -0.4 is 4.90 Å². The van der Waals surface area contributed by atoms with Crippen LogP contribution in [-0.2, 0) is 0 Å². The van der Waals surface area contributed by atoms with E-state index in [9.17, 15) is 4.79 Å². The van der Waals surface area contributed by atoms with Gasteiger partial charge in [-0.2, -0.15) is 5.10 Å². The van der Waals surface area contributed by atoms with Crippen LogP contribution in [0.25, 0.3) is 10.2 Å². The Balaban J connectivity index is 0.00000280. The summed E-state index contributed by atoms with van der Waals surface area (Å²) in [6.07, 6.45) is 0. The van der Waals surface area contributed by atoms with Gasteiger partial charge >= 0.3 is 0 Å². The smallest absolute Gasteiger partial charge is 0.278 e. The van der Waals surface area contributed by atoms with Crippen LogP contribution in [0.1, 0.15) is 36.1 Å². The number of benzene rings is 1. The number of halogens is 2. The second kappa shape index (κ2) is 9.22. The molecule has 2 heterocycles. The molecule has 0 unspecified atom stereocenters. The van der Waals surface area contributed by atoms with Crippen molar-refractivity contribution in [3.8, 4) is 0 Å². The topological polar surface area (TPSA) is 54.3 Å². The molecule has 2 aromatic heterocycles. The highest BCUT2D eigenvalue weighted by molar-refractivity contribution is 7.22. The standard InChI is InChI=1S/C19H24ClN5OS.ClH/c1-12(2)25-16(10-13(3)22-25)18(26)24(9-8-23(4)5)19-21-15-7-6-14(20)11-17(15)27-19;/h6-7,10-12H,8-9H2,1-5H3;1H. The molecule has 3 aromatic rings. The maximum atomic E-state index is 13.4. The van der Waals surface area contributed by atoms with E-state index in [1.54, 1.807) is 9.58 Å². The van der Waals surface area contributed by atoms with Crippen molar-refractivity contribution in [3.63, 3.8) is 0 Å². The molecule has 0 aliphatic heterocycles. The van der Waals surface area contributed by atoms with Gasteiger partial charge in [0, 0.05) is 24.2 Å². The molecule has 6 nitrogen and oxygen atoms in total. The lowest BCUT2D eigenvalue weighted by atomic mass is 10.3.